The summed E-state index contributed by atoms with van der Waals surface area (Å²) >= 11 is 0. The van der Waals surface area contributed by atoms with E-state index in [0.29, 0.717) is 19.3 Å². The molecule has 2 rings (SSSR count). The van der Waals surface area contributed by atoms with Gasteiger partial charge < -0.3 is 20.7 Å². The highest BCUT2D eigenvalue weighted by molar-refractivity contribution is 5.89. The lowest BCUT2D eigenvalue weighted by Gasteiger charge is -2.27. The van der Waals surface area contributed by atoms with Crippen molar-refractivity contribution in [2.24, 2.45) is 0 Å². The van der Waals surface area contributed by atoms with E-state index in [0.717, 1.165) is 16.5 Å². The van der Waals surface area contributed by atoms with Gasteiger partial charge in [-0.3, -0.25) is 9.59 Å². The summed E-state index contributed by atoms with van der Waals surface area (Å²) in [6, 6.07) is 7.15. The van der Waals surface area contributed by atoms with Crippen LogP contribution in [0.2, 0.25) is 0 Å². The Labute approximate surface area is 148 Å². The van der Waals surface area contributed by atoms with Gasteiger partial charge in [0.1, 0.15) is 6.04 Å². The Morgan fingerprint density at radius 1 is 1.24 bits per heavy atom. The maximum Gasteiger partial charge on any atom is 0.243 e. The van der Waals surface area contributed by atoms with Crippen LogP contribution in [0.3, 0.4) is 0 Å². The number of H-pyrrole nitrogens is 1. The highest BCUT2D eigenvalue weighted by atomic mass is 16.3. The smallest absolute Gasteiger partial charge is 0.243 e. The summed E-state index contributed by atoms with van der Waals surface area (Å²) in [5.74, 6) is -0.554. The number of para-hydroxylation sites is 1. The van der Waals surface area contributed by atoms with E-state index >= 15 is 0 Å². The van der Waals surface area contributed by atoms with Crippen molar-refractivity contribution in [3.8, 4) is 0 Å². The van der Waals surface area contributed by atoms with Crippen LogP contribution in [0.25, 0.3) is 10.9 Å². The van der Waals surface area contributed by atoms with Crippen molar-refractivity contribution < 1.29 is 14.7 Å². The van der Waals surface area contributed by atoms with Crippen molar-refractivity contribution in [2.45, 2.75) is 51.7 Å². The second-order valence-electron chi connectivity index (χ2n) is 6.47. The number of benzene rings is 1. The largest absolute Gasteiger partial charge is 0.388 e. The number of amides is 2. The van der Waals surface area contributed by atoms with Crippen molar-refractivity contribution in [3.63, 3.8) is 0 Å². The summed E-state index contributed by atoms with van der Waals surface area (Å²) in [5.41, 5.74) is 1.04. The van der Waals surface area contributed by atoms with E-state index < -0.39 is 11.6 Å². The zero-order valence-electron chi connectivity index (χ0n) is 15.1. The number of aliphatic hydroxyl groups is 1. The van der Waals surface area contributed by atoms with Gasteiger partial charge in [-0.15, -0.1) is 0 Å². The second-order valence-corrected chi connectivity index (χ2v) is 6.47. The fourth-order valence-electron chi connectivity index (χ4n) is 2.85. The molecule has 4 N–H and O–H groups in total. The minimum Gasteiger partial charge on any atom is -0.388 e. The van der Waals surface area contributed by atoms with Gasteiger partial charge in [-0.05, 0) is 24.5 Å². The summed E-state index contributed by atoms with van der Waals surface area (Å²) in [4.78, 5) is 27.3. The molecule has 0 saturated heterocycles. The maximum absolute atomic E-state index is 12.6. The van der Waals surface area contributed by atoms with Crippen LogP contribution in [0, 0.1) is 0 Å². The quantitative estimate of drug-likeness (QED) is 0.588. The average Bonchev–Trinajstić information content (AvgIpc) is 3.01. The first-order valence-electron chi connectivity index (χ1n) is 8.70. The highest BCUT2D eigenvalue weighted by Crippen LogP contribution is 2.19. The highest BCUT2D eigenvalue weighted by Gasteiger charge is 2.26. The summed E-state index contributed by atoms with van der Waals surface area (Å²) in [6.07, 6.45) is 3.35. The van der Waals surface area contributed by atoms with Crippen LogP contribution in [-0.2, 0) is 16.0 Å². The third-order valence-electron chi connectivity index (χ3n) is 4.70. The van der Waals surface area contributed by atoms with Crippen LogP contribution in [0.4, 0.5) is 0 Å². The third kappa shape index (κ3) is 4.82. The normalized spacial score (nSPS) is 12.8. The van der Waals surface area contributed by atoms with E-state index in [2.05, 4.69) is 15.6 Å². The summed E-state index contributed by atoms with van der Waals surface area (Å²) < 4.78 is 0. The van der Waals surface area contributed by atoms with Gasteiger partial charge in [0.25, 0.3) is 0 Å². The standard InChI is InChI=1S/C19H27N3O3/c1-4-19(25,5-2)12-21-18(24)17(22-13(3)23)10-14-11-20-16-9-7-6-8-15(14)16/h6-9,11,17,20,25H,4-5,10,12H2,1-3H3,(H,21,24)(H,22,23). The molecule has 6 nitrogen and oxygen atoms in total. The summed E-state index contributed by atoms with van der Waals surface area (Å²) in [7, 11) is 0. The molecule has 0 aliphatic heterocycles. The van der Waals surface area contributed by atoms with Crippen LogP contribution < -0.4 is 10.6 Å². The molecule has 0 aliphatic carbocycles. The Hall–Kier alpha value is -2.34. The summed E-state index contributed by atoms with van der Waals surface area (Å²) in [5, 5.41) is 16.8. The Kier molecular flexibility index (Phi) is 6.20. The van der Waals surface area contributed by atoms with E-state index in [4.69, 9.17) is 0 Å². The van der Waals surface area contributed by atoms with Crippen molar-refractivity contribution in [1.29, 1.82) is 0 Å². The van der Waals surface area contributed by atoms with Crippen molar-refractivity contribution >= 4 is 22.7 Å². The van der Waals surface area contributed by atoms with E-state index in [1.54, 1.807) is 0 Å². The van der Waals surface area contributed by atoms with E-state index in [9.17, 15) is 14.7 Å². The number of nitrogens with one attached hydrogen (secondary N) is 3. The SMILES string of the molecule is CCC(O)(CC)CNC(=O)C(Cc1c[nH]c2ccccc12)NC(C)=O. The molecular weight excluding hydrogens is 318 g/mol. The monoisotopic (exact) mass is 345 g/mol. The lowest BCUT2D eigenvalue weighted by Crippen LogP contribution is -2.51. The average molecular weight is 345 g/mol. The van der Waals surface area contributed by atoms with E-state index in [-0.39, 0.29) is 18.4 Å². The van der Waals surface area contributed by atoms with Gasteiger partial charge in [-0.25, -0.2) is 0 Å². The minimum atomic E-state index is -0.919. The molecule has 1 atom stereocenters. The van der Waals surface area contributed by atoms with Gasteiger partial charge >= 0.3 is 0 Å². The first-order chi connectivity index (χ1) is 11.9. The Morgan fingerprint density at radius 2 is 1.92 bits per heavy atom. The molecule has 0 spiro atoms. The second kappa shape index (κ2) is 8.16. The summed E-state index contributed by atoms with van der Waals surface area (Å²) in [6.45, 7) is 5.33. The van der Waals surface area contributed by atoms with Crippen molar-refractivity contribution in [2.75, 3.05) is 6.54 Å². The number of aromatic amines is 1. The minimum absolute atomic E-state index is 0.169. The predicted octanol–water partition coefficient (Wildman–Crippen LogP) is 1.88. The zero-order valence-corrected chi connectivity index (χ0v) is 15.1. The van der Waals surface area contributed by atoms with Crippen LogP contribution >= 0.6 is 0 Å². The van der Waals surface area contributed by atoms with Crippen LogP contribution in [0.5, 0.6) is 0 Å². The van der Waals surface area contributed by atoms with Crippen molar-refractivity contribution in [3.05, 3.63) is 36.0 Å². The van der Waals surface area contributed by atoms with Crippen LogP contribution in [-0.4, -0.2) is 40.1 Å². The van der Waals surface area contributed by atoms with Gasteiger partial charge in [0.15, 0.2) is 0 Å². The maximum atomic E-state index is 12.6. The van der Waals surface area contributed by atoms with E-state index in [1.807, 2.05) is 44.3 Å². The molecule has 0 bridgehead atoms. The molecule has 1 aromatic carbocycles. The molecule has 2 amide bonds. The van der Waals surface area contributed by atoms with Gasteiger partial charge in [-0.2, -0.15) is 0 Å². The van der Waals surface area contributed by atoms with Crippen LogP contribution in [0.1, 0.15) is 39.2 Å². The lowest BCUT2D eigenvalue weighted by atomic mass is 9.97. The Balaban J connectivity index is 2.12. The van der Waals surface area contributed by atoms with Crippen molar-refractivity contribution in [1.82, 2.24) is 15.6 Å². The fraction of sp³-hybridized carbons (Fsp3) is 0.474. The molecule has 6 heteroatoms. The van der Waals surface area contributed by atoms with Gasteiger partial charge in [0.2, 0.25) is 11.8 Å². The van der Waals surface area contributed by atoms with Gasteiger partial charge in [0, 0.05) is 37.0 Å². The molecule has 136 valence electrons. The first-order valence-corrected chi connectivity index (χ1v) is 8.70. The van der Waals surface area contributed by atoms with Gasteiger partial charge in [-0.1, -0.05) is 32.0 Å². The van der Waals surface area contributed by atoms with Gasteiger partial charge in [0.05, 0.1) is 5.60 Å². The molecule has 1 heterocycles. The number of rotatable bonds is 8. The molecule has 25 heavy (non-hydrogen) atoms. The number of carbonyl (C=O) groups excluding carboxylic acids is 2. The number of aromatic nitrogens is 1. The van der Waals surface area contributed by atoms with E-state index in [1.165, 1.54) is 6.92 Å². The first kappa shape index (κ1) is 19.0. The number of fused-ring (bicyclic) bond motifs is 1. The number of hydrogen-bond acceptors (Lipinski definition) is 3. The zero-order chi connectivity index (χ0) is 18.4. The molecule has 0 saturated carbocycles. The molecule has 2 aromatic rings. The number of carbonyl (C=O) groups is 2. The molecule has 0 aliphatic rings. The number of hydrogen-bond donors (Lipinski definition) is 4. The Bertz CT molecular complexity index is 734. The third-order valence-corrected chi connectivity index (χ3v) is 4.70. The molecule has 0 fully saturated rings. The Morgan fingerprint density at radius 3 is 2.56 bits per heavy atom. The predicted molar refractivity (Wildman–Crippen MR) is 98.1 cm³/mol. The lowest BCUT2D eigenvalue weighted by molar-refractivity contribution is -0.128. The topological polar surface area (TPSA) is 94.2 Å². The molecule has 0 radical (unpaired) electrons. The van der Waals surface area contributed by atoms with Crippen LogP contribution in [0.15, 0.2) is 30.5 Å². The molecule has 1 unspecified atom stereocenters. The molecule has 1 aromatic heterocycles. The molecular formula is C19H27N3O3. The fourth-order valence-corrected chi connectivity index (χ4v) is 2.85.